The van der Waals surface area contributed by atoms with Gasteiger partial charge in [0.25, 0.3) is 0 Å². The molecule has 0 aromatic carbocycles. The highest BCUT2D eigenvalue weighted by molar-refractivity contribution is 5.85. The lowest BCUT2D eigenvalue weighted by Gasteiger charge is -2.42. The van der Waals surface area contributed by atoms with Crippen LogP contribution >= 0.6 is 0 Å². The van der Waals surface area contributed by atoms with Crippen molar-refractivity contribution in [3.8, 4) is 0 Å². The number of nitrogens with zero attached hydrogens (tertiary/aromatic N) is 3. The van der Waals surface area contributed by atoms with Crippen LogP contribution in [0.1, 0.15) is 41.0 Å². The molecule has 0 saturated carbocycles. The number of hydrogen-bond acceptors (Lipinski definition) is 4. The molecule has 0 aliphatic carbocycles. The molecule has 0 aromatic rings. The van der Waals surface area contributed by atoms with Gasteiger partial charge in [0.2, 0.25) is 0 Å². The van der Waals surface area contributed by atoms with Gasteiger partial charge in [-0.05, 0) is 33.7 Å². The van der Waals surface area contributed by atoms with E-state index in [-0.39, 0.29) is 11.0 Å². The summed E-state index contributed by atoms with van der Waals surface area (Å²) in [5.74, 6) is 0.320. The fourth-order valence-corrected chi connectivity index (χ4v) is 2.34. The number of amidine groups is 1. The van der Waals surface area contributed by atoms with E-state index in [1.807, 2.05) is 13.8 Å². The number of oxime groups is 1. The Bertz CT molecular complexity index is 312. The Balaban J connectivity index is 2.38. The Morgan fingerprint density at radius 1 is 1.11 bits per heavy atom. The van der Waals surface area contributed by atoms with E-state index in [0.29, 0.717) is 5.84 Å². The lowest BCUT2D eigenvalue weighted by atomic mass is 9.88. The molecule has 1 heterocycles. The third kappa shape index (κ3) is 4.66. The summed E-state index contributed by atoms with van der Waals surface area (Å²) in [6.07, 6.45) is 0.915. The van der Waals surface area contributed by atoms with Gasteiger partial charge < -0.3 is 15.8 Å². The number of nitrogens with two attached hydrogens (primary N) is 1. The summed E-state index contributed by atoms with van der Waals surface area (Å²) in [6.45, 7) is 16.3. The van der Waals surface area contributed by atoms with Gasteiger partial charge in [0, 0.05) is 37.1 Å². The van der Waals surface area contributed by atoms with Crippen LogP contribution < -0.4 is 5.73 Å². The molecule has 0 bridgehead atoms. The zero-order valence-corrected chi connectivity index (χ0v) is 13.1. The smallest absolute Gasteiger partial charge is 0.144 e. The second-order valence-corrected chi connectivity index (χ2v) is 7.12. The molecule has 3 N–H and O–H groups in total. The van der Waals surface area contributed by atoms with Gasteiger partial charge in [-0.1, -0.05) is 19.0 Å². The zero-order chi connectivity index (χ0) is 14.7. The minimum Gasteiger partial charge on any atom is -0.409 e. The van der Waals surface area contributed by atoms with E-state index in [4.69, 9.17) is 10.9 Å². The SMILES string of the molecule is CC(C)(CCN1CCN(C(C)(C)C)CC1)C(N)=NO. The largest absolute Gasteiger partial charge is 0.409 e. The van der Waals surface area contributed by atoms with E-state index in [9.17, 15) is 0 Å². The molecular formula is C14H30N4O. The van der Waals surface area contributed by atoms with Gasteiger partial charge >= 0.3 is 0 Å². The Morgan fingerprint density at radius 3 is 2.05 bits per heavy atom. The van der Waals surface area contributed by atoms with Gasteiger partial charge in [-0.2, -0.15) is 0 Å². The van der Waals surface area contributed by atoms with Crippen molar-refractivity contribution in [3.63, 3.8) is 0 Å². The minimum absolute atomic E-state index is 0.240. The average Bonchev–Trinajstić information content (AvgIpc) is 2.35. The summed E-state index contributed by atoms with van der Waals surface area (Å²) in [5.41, 5.74) is 5.74. The fraction of sp³-hybridized carbons (Fsp3) is 0.929. The second-order valence-electron chi connectivity index (χ2n) is 7.12. The predicted molar refractivity (Wildman–Crippen MR) is 79.6 cm³/mol. The average molecular weight is 270 g/mol. The van der Waals surface area contributed by atoms with E-state index in [1.165, 1.54) is 0 Å². The normalized spacial score (nSPS) is 20.8. The van der Waals surface area contributed by atoms with E-state index in [0.717, 1.165) is 39.1 Å². The van der Waals surface area contributed by atoms with Gasteiger partial charge in [0.05, 0.1) is 0 Å². The van der Waals surface area contributed by atoms with Crippen molar-refractivity contribution in [2.24, 2.45) is 16.3 Å². The van der Waals surface area contributed by atoms with Crippen LogP contribution in [0.2, 0.25) is 0 Å². The van der Waals surface area contributed by atoms with Crippen LogP contribution in [0.15, 0.2) is 5.16 Å². The highest BCUT2D eigenvalue weighted by Gasteiger charge is 2.28. The van der Waals surface area contributed by atoms with Crippen LogP contribution in [0.5, 0.6) is 0 Å². The standard InChI is InChI=1S/C14H30N4O/c1-13(2,3)18-10-8-17(9-11-18)7-6-14(4,5)12(15)16-19/h19H,6-11H2,1-5H3,(H2,15,16). The first-order valence-electron chi connectivity index (χ1n) is 7.12. The monoisotopic (exact) mass is 270 g/mol. The van der Waals surface area contributed by atoms with Crippen LogP contribution in [0.3, 0.4) is 0 Å². The van der Waals surface area contributed by atoms with Crippen molar-refractivity contribution >= 4 is 5.84 Å². The minimum atomic E-state index is -0.240. The Hall–Kier alpha value is -0.810. The summed E-state index contributed by atoms with van der Waals surface area (Å²) in [5, 5.41) is 11.9. The van der Waals surface area contributed by atoms with Gasteiger partial charge in [-0.3, -0.25) is 4.90 Å². The maximum atomic E-state index is 8.77. The Kier molecular flexibility index (Phi) is 5.21. The first kappa shape index (κ1) is 16.2. The topological polar surface area (TPSA) is 65.1 Å². The summed E-state index contributed by atoms with van der Waals surface area (Å²) in [6, 6.07) is 0. The molecule has 112 valence electrons. The molecule has 1 fully saturated rings. The van der Waals surface area contributed by atoms with Crippen LogP contribution in [0, 0.1) is 5.41 Å². The van der Waals surface area contributed by atoms with E-state index >= 15 is 0 Å². The van der Waals surface area contributed by atoms with Gasteiger partial charge in [-0.25, -0.2) is 0 Å². The van der Waals surface area contributed by atoms with Gasteiger partial charge in [0.15, 0.2) is 0 Å². The van der Waals surface area contributed by atoms with Crippen molar-refractivity contribution in [1.82, 2.24) is 9.80 Å². The van der Waals surface area contributed by atoms with Crippen LogP contribution in [-0.4, -0.2) is 59.1 Å². The third-order valence-electron chi connectivity index (χ3n) is 4.18. The third-order valence-corrected chi connectivity index (χ3v) is 4.18. The molecule has 0 atom stereocenters. The molecule has 0 unspecified atom stereocenters. The van der Waals surface area contributed by atoms with Crippen molar-refractivity contribution in [2.75, 3.05) is 32.7 Å². The fourth-order valence-electron chi connectivity index (χ4n) is 2.34. The first-order chi connectivity index (χ1) is 8.66. The number of piperazine rings is 1. The van der Waals surface area contributed by atoms with Crippen molar-refractivity contribution in [3.05, 3.63) is 0 Å². The quantitative estimate of drug-likeness (QED) is 0.352. The van der Waals surface area contributed by atoms with Crippen molar-refractivity contribution in [1.29, 1.82) is 0 Å². The second kappa shape index (κ2) is 6.09. The zero-order valence-electron chi connectivity index (χ0n) is 13.1. The highest BCUT2D eigenvalue weighted by atomic mass is 16.4. The molecule has 19 heavy (non-hydrogen) atoms. The molecule has 0 amide bonds. The molecule has 1 aliphatic heterocycles. The Morgan fingerprint density at radius 2 is 1.63 bits per heavy atom. The van der Waals surface area contributed by atoms with Crippen LogP contribution in [0.4, 0.5) is 0 Å². The highest BCUT2D eigenvalue weighted by Crippen LogP contribution is 2.22. The lowest BCUT2D eigenvalue weighted by Crippen LogP contribution is -2.53. The summed E-state index contributed by atoms with van der Waals surface area (Å²) < 4.78 is 0. The molecule has 1 saturated heterocycles. The maximum absolute atomic E-state index is 8.77. The molecule has 0 spiro atoms. The lowest BCUT2D eigenvalue weighted by molar-refractivity contribution is 0.0591. The van der Waals surface area contributed by atoms with E-state index < -0.39 is 0 Å². The molecule has 5 nitrogen and oxygen atoms in total. The summed E-state index contributed by atoms with van der Waals surface area (Å²) >= 11 is 0. The Labute approximate surface area is 117 Å². The molecule has 0 radical (unpaired) electrons. The first-order valence-corrected chi connectivity index (χ1v) is 7.12. The van der Waals surface area contributed by atoms with E-state index in [1.54, 1.807) is 0 Å². The predicted octanol–water partition coefficient (Wildman–Crippen LogP) is 1.57. The maximum Gasteiger partial charge on any atom is 0.144 e. The summed E-state index contributed by atoms with van der Waals surface area (Å²) in [4.78, 5) is 4.99. The van der Waals surface area contributed by atoms with Gasteiger partial charge in [-0.15, -0.1) is 0 Å². The van der Waals surface area contributed by atoms with E-state index in [2.05, 4.69) is 35.7 Å². The van der Waals surface area contributed by atoms with Gasteiger partial charge in [0.1, 0.15) is 5.84 Å². The van der Waals surface area contributed by atoms with Crippen LogP contribution in [-0.2, 0) is 0 Å². The molecule has 1 aliphatic rings. The number of hydrogen-bond donors (Lipinski definition) is 2. The van der Waals surface area contributed by atoms with Crippen molar-refractivity contribution < 1.29 is 5.21 Å². The summed E-state index contributed by atoms with van der Waals surface area (Å²) in [7, 11) is 0. The molecule has 1 rings (SSSR count). The molecular weight excluding hydrogens is 240 g/mol. The molecule has 5 heteroatoms. The molecule has 0 aromatic heterocycles. The van der Waals surface area contributed by atoms with Crippen molar-refractivity contribution in [2.45, 2.75) is 46.6 Å². The van der Waals surface area contributed by atoms with Crippen LogP contribution in [0.25, 0.3) is 0 Å². The number of rotatable bonds is 4.